The van der Waals surface area contributed by atoms with E-state index in [4.69, 9.17) is 14.2 Å². The summed E-state index contributed by atoms with van der Waals surface area (Å²) in [7, 11) is 0. The maximum atomic E-state index is 13.0. The van der Waals surface area contributed by atoms with Crippen LogP contribution in [0.1, 0.15) is 400 Å². The minimum absolute atomic E-state index is 0.0723. The van der Waals surface area contributed by atoms with E-state index in [1.807, 2.05) is 0 Å². The van der Waals surface area contributed by atoms with E-state index in [2.05, 4.69) is 57.2 Å². The first-order valence-electron chi connectivity index (χ1n) is 36.0. The van der Waals surface area contributed by atoms with Crippen LogP contribution in [0.5, 0.6) is 0 Å². The smallest absolute Gasteiger partial charge is 0.306 e. The Labute approximate surface area is 499 Å². The summed E-state index contributed by atoms with van der Waals surface area (Å²) in [6.45, 7) is 6.69. The predicted octanol–water partition coefficient (Wildman–Crippen LogP) is 24.7. The van der Waals surface area contributed by atoms with Crippen molar-refractivity contribution < 1.29 is 28.6 Å². The van der Waals surface area contributed by atoms with E-state index < -0.39 is 6.10 Å². The molecule has 6 heteroatoms. The van der Waals surface area contributed by atoms with Gasteiger partial charge in [-0.15, -0.1) is 0 Å². The monoisotopic (exact) mass is 1120 g/mol. The summed E-state index contributed by atoms with van der Waals surface area (Å²) in [6, 6.07) is 0. The predicted molar refractivity (Wildman–Crippen MR) is 349 cm³/mol. The van der Waals surface area contributed by atoms with Crippen molar-refractivity contribution in [2.75, 3.05) is 13.2 Å². The van der Waals surface area contributed by atoms with Gasteiger partial charge in [0.15, 0.2) is 6.10 Å². The summed E-state index contributed by atoms with van der Waals surface area (Å²) in [5, 5.41) is 0. The van der Waals surface area contributed by atoms with E-state index in [1.165, 1.54) is 283 Å². The van der Waals surface area contributed by atoms with Crippen molar-refractivity contribution in [3.8, 4) is 0 Å². The van der Waals surface area contributed by atoms with Crippen LogP contribution < -0.4 is 0 Å². The first kappa shape index (κ1) is 77.6. The van der Waals surface area contributed by atoms with E-state index in [-0.39, 0.29) is 31.1 Å². The van der Waals surface area contributed by atoms with Crippen molar-refractivity contribution in [1.29, 1.82) is 0 Å². The largest absolute Gasteiger partial charge is 0.462 e. The van der Waals surface area contributed by atoms with Crippen LogP contribution in [-0.4, -0.2) is 37.2 Å². The quantitative estimate of drug-likeness (QED) is 0.0261. The molecule has 1 unspecified atom stereocenters. The summed E-state index contributed by atoms with van der Waals surface area (Å²) in [5.41, 5.74) is 0. The van der Waals surface area contributed by atoms with Crippen molar-refractivity contribution in [2.24, 2.45) is 0 Å². The maximum Gasteiger partial charge on any atom is 0.306 e. The molecule has 0 aromatic carbocycles. The number of esters is 3. The molecule has 470 valence electrons. The van der Waals surface area contributed by atoms with Gasteiger partial charge in [0, 0.05) is 19.3 Å². The summed E-state index contributed by atoms with van der Waals surface area (Å²) >= 11 is 0. The highest BCUT2D eigenvalue weighted by Crippen LogP contribution is 2.19. The van der Waals surface area contributed by atoms with E-state index in [9.17, 15) is 14.4 Å². The fourth-order valence-electron chi connectivity index (χ4n) is 10.9. The fourth-order valence-corrected chi connectivity index (χ4v) is 10.9. The molecule has 0 amide bonds. The summed E-state index contributed by atoms with van der Waals surface area (Å²) in [4.78, 5) is 38.5. The molecule has 0 spiro atoms. The third kappa shape index (κ3) is 66.4. The van der Waals surface area contributed by atoms with Crippen LogP contribution in [0, 0.1) is 0 Å². The van der Waals surface area contributed by atoms with Crippen molar-refractivity contribution >= 4 is 17.9 Å². The lowest BCUT2D eigenvalue weighted by Crippen LogP contribution is -2.30. The standard InChI is InChI=1S/C74H138O6/c1-4-7-10-13-16-19-22-25-28-31-33-35-37-39-41-43-46-49-52-55-58-61-64-67-73(76)79-70-71(69-78-72(75)66-63-60-57-54-51-48-45-30-27-24-21-18-15-12-9-6-3)80-74(77)68-65-62-59-56-53-50-47-44-42-40-38-36-34-32-29-26-23-20-17-14-11-8-5-2/h21,24,30-31,33,45,71H,4-20,22-23,25-29,32,34-44,46-70H2,1-3H3/b24-21-,33-31-,45-30-. The molecule has 1 atom stereocenters. The molecule has 6 nitrogen and oxygen atoms in total. The third-order valence-electron chi connectivity index (χ3n) is 16.4. The molecule has 0 aliphatic heterocycles. The van der Waals surface area contributed by atoms with Gasteiger partial charge in [-0.25, -0.2) is 0 Å². The Morgan fingerprint density at radius 3 is 0.713 bits per heavy atom. The number of hydrogen-bond donors (Lipinski definition) is 0. The van der Waals surface area contributed by atoms with Gasteiger partial charge in [0.05, 0.1) is 0 Å². The zero-order valence-electron chi connectivity index (χ0n) is 54.1. The van der Waals surface area contributed by atoms with Crippen LogP contribution in [0.15, 0.2) is 36.5 Å². The van der Waals surface area contributed by atoms with Gasteiger partial charge in [-0.3, -0.25) is 14.4 Å². The maximum absolute atomic E-state index is 13.0. The van der Waals surface area contributed by atoms with Crippen molar-refractivity contribution in [1.82, 2.24) is 0 Å². The molecule has 0 aromatic heterocycles. The van der Waals surface area contributed by atoms with Crippen molar-refractivity contribution in [3.63, 3.8) is 0 Å². The lowest BCUT2D eigenvalue weighted by atomic mass is 10.0. The van der Waals surface area contributed by atoms with E-state index in [1.54, 1.807) is 0 Å². The summed E-state index contributed by atoms with van der Waals surface area (Å²) in [5.74, 6) is -0.857. The fraction of sp³-hybridized carbons (Fsp3) is 0.878. The zero-order valence-corrected chi connectivity index (χ0v) is 54.1. The molecule has 0 rings (SSSR count). The van der Waals surface area contributed by atoms with Crippen molar-refractivity contribution in [3.05, 3.63) is 36.5 Å². The van der Waals surface area contributed by atoms with Crippen LogP contribution in [0.2, 0.25) is 0 Å². The Hall–Kier alpha value is -2.37. The Morgan fingerprint density at radius 1 is 0.250 bits per heavy atom. The second kappa shape index (κ2) is 69.1. The number of unbranched alkanes of at least 4 members (excludes halogenated alkanes) is 50. The zero-order chi connectivity index (χ0) is 57.8. The van der Waals surface area contributed by atoms with Crippen LogP contribution in [0.4, 0.5) is 0 Å². The van der Waals surface area contributed by atoms with Gasteiger partial charge in [-0.05, 0) is 77.0 Å². The number of rotatable bonds is 67. The second-order valence-corrected chi connectivity index (χ2v) is 24.5. The van der Waals surface area contributed by atoms with Crippen LogP contribution in [-0.2, 0) is 28.6 Å². The topological polar surface area (TPSA) is 78.9 Å². The minimum atomic E-state index is -0.777. The first-order valence-corrected chi connectivity index (χ1v) is 36.0. The number of hydrogen-bond acceptors (Lipinski definition) is 6. The molecule has 0 aliphatic rings. The van der Waals surface area contributed by atoms with E-state index >= 15 is 0 Å². The lowest BCUT2D eigenvalue weighted by Gasteiger charge is -2.18. The lowest BCUT2D eigenvalue weighted by molar-refractivity contribution is -0.167. The highest BCUT2D eigenvalue weighted by molar-refractivity contribution is 5.71. The molecular weight excluding hydrogens is 985 g/mol. The molecule has 0 fully saturated rings. The number of ether oxygens (including phenoxy) is 3. The molecule has 0 saturated carbocycles. The SMILES string of the molecule is CCCCCC/C=C\C/C=C\CCCCCCCC(=O)OCC(COC(=O)CCCCCCCCCCCCC/C=C\CCCCCCCCCC)OC(=O)CCCCCCCCCCCCCCCCCCCCCCCCC. The second-order valence-electron chi connectivity index (χ2n) is 24.5. The minimum Gasteiger partial charge on any atom is -0.462 e. The highest BCUT2D eigenvalue weighted by Gasteiger charge is 2.19. The molecule has 0 heterocycles. The molecule has 80 heavy (non-hydrogen) atoms. The van der Waals surface area contributed by atoms with E-state index in [0.717, 1.165) is 77.0 Å². The Kier molecular flexibility index (Phi) is 67.1. The van der Waals surface area contributed by atoms with Gasteiger partial charge in [-0.2, -0.15) is 0 Å². The van der Waals surface area contributed by atoms with Gasteiger partial charge >= 0.3 is 17.9 Å². The highest BCUT2D eigenvalue weighted by atomic mass is 16.6. The number of carbonyl (C=O) groups excluding carboxylic acids is 3. The molecule has 0 aromatic rings. The first-order chi connectivity index (χ1) is 39.5. The summed E-state index contributed by atoms with van der Waals surface area (Å²) < 4.78 is 17.0. The molecule has 0 bridgehead atoms. The Bertz CT molecular complexity index is 1340. The molecule has 0 radical (unpaired) electrons. The molecule has 0 aliphatic carbocycles. The van der Waals surface area contributed by atoms with Crippen LogP contribution in [0.3, 0.4) is 0 Å². The van der Waals surface area contributed by atoms with Crippen LogP contribution in [0.25, 0.3) is 0 Å². The number of carbonyl (C=O) groups is 3. The van der Waals surface area contributed by atoms with Gasteiger partial charge in [-0.1, -0.05) is 340 Å². The average molecular weight is 1120 g/mol. The normalized spacial score (nSPS) is 12.2. The molecule has 0 saturated heterocycles. The average Bonchev–Trinajstić information content (AvgIpc) is 3.46. The molecule has 0 N–H and O–H groups in total. The van der Waals surface area contributed by atoms with Gasteiger partial charge < -0.3 is 14.2 Å². The van der Waals surface area contributed by atoms with Gasteiger partial charge in [0.1, 0.15) is 13.2 Å². The van der Waals surface area contributed by atoms with E-state index in [0.29, 0.717) is 19.3 Å². The third-order valence-corrected chi connectivity index (χ3v) is 16.4. The summed E-state index contributed by atoms with van der Waals surface area (Å²) in [6.07, 6.45) is 86.0. The number of allylic oxidation sites excluding steroid dienone is 6. The Morgan fingerprint density at radius 2 is 0.450 bits per heavy atom. The van der Waals surface area contributed by atoms with Gasteiger partial charge in [0.25, 0.3) is 0 Å². The van der Waals surface area contributed by atoms with Gasteiger partial charge in [0.2, 0.25) is 0 Å². The molecular formula is C74H138O6. The Balaban J connectivity index is 4.29. The van der Waals surface area contributed by atoms with Crippen LogP contribution >= 0.6 is 0 Å². The van der Waals surface area contributed by atoms with Crippen molar-refractivity contribution in [2.45, 2.75) is 406 Å².